The molecule has 3 heteroatoms. The molecule has 0 spiro atoms. The molecule has 0 atom stereocenters. The number of hydrogen-bond donors (Lipinski definition) is 1. The van der Waals surface area contributed by atoms with Crippen LogP contribution in [0.1, 0.15) is 55.6 Å². The third-order valence-corrected chi connectivity index (χ3v) is 4.53. The molecule has 0 saturated heterocycles. The standard InChI is InChI=1S/C19H30N2O/c1-21(2)14-6-13-20-19(22)15-16-9-11-18(12-10-16)17-7-4-3-5-8-17/h9-12,17H,3-8,13-15H2,1-2H3,(H,20,22). The van der Waals surface area contributed by atoms with Crippen molar-refractivity contribution < 1.29 is 4.79 Å². The van der Waals surface area contributed by atoms with Gasteiger partial charge in [-0.2, -0.15) is 0 Å². The number of carbonyl (C=O) groups is 1. The largest absolute Gasteiger partial charge is 0.356 e. The highest BCUT2D eigenvalue weighted by atomic mass is 16.1. The van der Waals surface area contributed by atoms with Gasteiger partial charge in [-0.1, -0.05) is 43.5 Å². The number of nitrogens with one attached hydrogen (secondary N) is 1. The summed E-state index contributed by atoms with van der Waals surface area (Å²) in [5.74, 6) is 0.867. The van der Waals surface area contributed by atoms with Gasteiger partial charge in [-0.05, 0) is 56.9 Å². The first-order valence-electron chi connectivity index (χ1n) is 8.65. The molecule has 1 fully saturated rings. The summed E-state index contributed by atoms with van der Waals surface area (Å²) >= 11 is 0. The first-order valence-corrected chi connectivity index (χ1v) is 8.65. The van der Waals surface area contributed by atoms with Crippen LogP contribution in [-0.4, -0.2) is 38.0 Å². The predicted molar refractivity (Wildman–Crippen MR) is 92.2 cm³/mol. The zero-order chi connectivity index (χ0) is 15.8. The summed E-state index contributed by atoms with van der Waals surface area (Å²) < 4.78 is 0. The van der Waals surface area contributed by atoms with Crippen LogP contribution in [0.15, 0.2) is 24.3 Å². The van der Waals surface area contributed by atoms with E-state index in [9.17, 15) is 4.79 Å². The summed E-state index contributed by atoms with van der Waals surface area (Å²) in [5, 5.41) is 3.00. The Morgan fingerprint density at radius 3 is 2.45 bits per heavy atom. The molecule has 0 heterocycles. The van der Waals surface area contributed by atoms with Crippen LogP contribution in [0, 0.1) is 0 Å². The van der Waals surface area contributed by atoms with Gasteiger partial charge in [0.1, 0.15) is 0 Å². The van der Waals surface area contributed by atoms with E-state index in [0.717, 1.165) is 31.0 Å². The van der Waals surface area contributed by atoms with Crippen molar-refractivity contribution in [2.45, 2.75) is 50.9 Å². The predicted octanol–water partition coefficient (Wildman–Crippen LogP) is 3.34. The van der Waals surface area contributed by atoms with E-state index in [1.807, 2.05) is 0 Å². The maximum Gasteiger partial charge on any atom is 0.224 e. The molecule has 3 nitrogen and oxygen atoms in total. The third-order valence-electron chi connectivity index (χ3n) is 4.53. The number of hydrogen-bond acceptors (Lipinski definition) is 2. The normalized spacial score (nSPS) is 16.0. The molecule has 1 aromatic carbocycles. The minimum Gasteiger partial charge on any atom is -0.356 e. The molecule has 0 aliphatic heterocycles. The fourth-order valence-electron chi connectivity index (χ4n) is 3.21. The van der Waals surface area contributed by atoms with Gasteiger partial charge in [0, 0.05) is 6.54 Å². The Bertz CT molecular complexity index is 447. The lowest BCUT2D eigenvalue weighted by Crippen LogP contribution is -2.28. The maximum atomic E-state index is 11.9. The van der Waals surface area contributed by atoms with Gasteiger partial charge < -0.3 is 10.2 Å². The summed E-state index contributed by atoms with van der Waals surface area (Å²) in [6.45, 7) is 1.77. The van der Waals surface area contributed by atoms with Crippen molar-refractivity contribution in [2.24, 2.45) is 0 Å². The number of rotatable bonds is 7. The average Bonchev–Trinajstić information content (AvgIpc) is 2.53. The zero-order valence-electron chi connectivity index (χ0n) is 14.1. The minimum atomic E-state index is 0.129. The van der Waals surface area contributed by atoms with E-state index in [2.05, 4.69) is 48.6 Å². The van der Waals surface area contributed by atoms with Gasteiger partial charge in [-0.15, -0.1) is 0 Å². The second-order valence-electron chi connectivity index (χ2n) is 6.76. The maximum absolute atomic E-state index is 11.9. The first kappa shape index (κ1) is 17.0. The second kappa shape index (κ2) is 8.94. The lowest BCUT2D eigenvalue weighted by atomic mass is 9.84. The fourth-order valence-corrected chi connectivity index (χ4v) is 3.21. The molecule has 1 saturated carbocycles. The Hall–Kier alpha value is -1.35. The fraction of sp³-hybridized carbons (Fsp3) is 0.632. The smallest absolute Gasteiger partial charge is 0.224 e. The topological polar surface area (TPSA) is 32.3 Å². The van der Waals surface area contributed by atoms with Crippen LogP contribution in [0.5, 0.6) is 0 Å². The number of amides is 1. The van der Waals surface area contributed by atoms with Crippen LogP contribution in [0.3, 0.4) is 0 Å². The first-order chi connectivity index (χ1) is 10.6. The van der Waals surface area contributed by atoms with Crippen molar-refractivity contribution >= 4 is 5.91 Å². The molecule has 122 valence electrons. The van der Waals surface area contributed by atoms with E-state index in [4.69, 9.17) is 0 Å². The highest BCUT2D eigenvalue weighted by Crippen LogP contribution is 2.32. The van der Waals surface area contributed by atoms with E-state index in [0.29, 0.717) is 6.42 Å². The van der Waals surface area contributed by atoms with E-state index < -0.39 is 0 Å². The van der Waals surface area contributed by atoms with Crippen molar-refractivity contribution in [3.63, 3.8) is 0 Å². The zero-order valence-corrected chi connectivity index (χ0v) is 14.1. The molecule has 1 N–H and O–H groups in total. The number of carbonyl (C=O) groups excluding carboxylic acids is 1. The average molecular weight is 302 g/mol. The third kappa shape index (κ3) is 5.80. The van der Waals surface area contributed by atoms with Gasteiger partial charge in [0.25, 0.3) is 0 Å². The van der Waals surface area contributed by atoms with Crippen LogP contribution in [0.4, 0.5) is 0 Å². The van der Waals surface area contributed by atoms with Crippen LogP contribution < -0.4 is 5.32 Å². The van der Waals surface area contributed by atoms with E-state index >= 15 is 0 Å². The molecule has 22 heavy (non-hydrogen) atoms. The Labute approximate surface area is 135 Å². The summed E-state index contributed by atoms with van der Waals surface area (Å²) in [4.78, 5) is 14.1. The van der Waals surface area contributed by atoms with Crippen molar-refractivity contribution in [3.8, 4) is 0 Å². The van der Waals surface area contributed by atoms with Crippen LogP contribution in [0.25, 0.3) is 0 Å². The lowest BCUT2D eigenvalue weighted by molar-refractivity contribution is -0.120. The summed E-state index contributed by atoms with van der Waals surface area (Å²) in [6, 6.07) is 8.71. The summed E-state index contributed by atoms with van der Waals surface area (Å²) in [5.41, 5.74) is 2.57. The van der Waals surface area contributed by atoms with Crippen molar-refractivity contribution in [1.29, 1.82) is 0 Å². The van der Waals surface area contributed by atoms with Crippen molar-refractivity contribution in [3.05, 3.63) is 35.4 Å². The van der Waals surface area contributed by atoms with Gasteiger partial charge in [0.15, 0.2) is 0 Å². The Kier molecular flexibility index (Phi) is 6.91. The van der Waals surface area contributed by atoms with Crippen LogP contribution >= 0.6 is 0 Å². The SMILES string of the molecule is CN(C)CCCNC(=O)Cc1ccc(C2CCCCC2)cc1. The minimum absolute atomic E-state index is 0.129. The molecule has 0 radical (unpaired) electrons. The highest BCUT2D eigenvalue weighted by Gasteiger charge is 2.15. The Morgan fingerprint density at radius 1 is 1.14 bits per heavy atom. The van der Waals surface area contributed by atoms with Gasteiger partial charge in [-0.25, -0.2) is 0 Å². The van der Waals surface area contributed by atoms with Crippen LogP contribution in [0.2, 0.25) is 0 Å². The monoisotopic (exact) mass is 302 g/mol. The van der Waals surface area contributed by atoms with Crippen LogP contribution in [-0.2, 0) is 11.2 Å². The second-order valence-corrected chi connectivity index (χ2v) is 6.76. The highest BCUT2D eigenvalue weighted by molar-refractivity contribution is 5.78. The molecule has 0 bridgehead atoms. The molecule has 0 aromatic heterocycles. The Morgan fingerprint density at radius 2 is 1.82 bits per heavy atom. The molecular formula is C19H30N2O. The summed E-state index contributed by atoms with van der Waals surface area (Å²) in [7, 11) is 4.10. The molecule has 1 aromatic rings. The quantitative estimate of drug-likeness (QED) is 0.783. The summed E-state index contributed by atoms with van der Waals surface area (Å²) in [6.07, 6.45) is 8.26. The Balaban J connectivity index is 1.74. The molecule has 0 unspecified atom stereocenters. The van der Waals surface area contributed by atoms with Crippen molar-refractivity contribution in [2.75, 3.05) is 27.2 Å². The number of benzene rings is 1. The molecule has 1 aliphatic rings. The van der Waals surface area contributed by atoms with Crippen molar-refractivity contribution in [1.82, 2.24) is 10.2 Å². The van der Waals surface area contributed by atoms with Gasteiger partial charge in [0.05, 0.1) is 6.42 Å². The van der Waals surface area contributed by atoms with Gasteiger partial charge >= 0.3 is 0 Å². The molecular weight excluding hydrogens is 272 g/mol. The van der Waals surface area contributed by atoms with E-state index in [-0.39, 0.29) is 5.91 Å². The van der Waals surface area contributed by atoms with E-state index in [1.165, 1.54) is 37.7 Å². The number of nitrogens with zero attached hydrogens (tertiary/aromatic N) is 1. The molecule has 1 amide bonds. The van der Waals surface area contributed by atoms with E-state index in [1.54, 1.807) is 0 Å². The molecule has 2 rings (SSSR count). The lowest BCUT2D eigenvalue weighted by Gasteiger charge is -2.22. The molecule has 1 aliphatic carbocycles. The van der Waals surface area contributed by atoms with Gasteiger partial charge in [0.2, 0.25) is 5.91 Å². The van der Waals surface area contributed by atoms with Gasteiger partial charge in [-0.3, -0.25) is 4.79 Å².